The Morgan fingerprint density at radius 3 is 0.821 bits per heavy atom. The first-order valence-electron chi connectivity index (χ1n) is 13.6. The van der Waals surface area contributed by atoms with Gasteiger partial charge in [0.1, 0.15) is 6.04 Å². The minimum atomic E-state index is -4.43. The molecule has 0 amide bonds. The largest absolute Gasteiger partial charge is 0.600 e. The summed E-state index contributed by atoms with van der Waals surface area (Å²) >= 11 is 0. The Bertz CT molecular complexity index is 657. The molecule has 0 spiro atoms. The van der Waals surface area contributed by atoms with Crippen molar-refractivity contribution < 1.29 is 41.6 Å². The van der Waals surface area contributed by atoms with E-state index in [4.69, 9.17) is 26.6 Å². The van der Waals surface area contributed by atoms with Crippen molar-refractivity contribution in [3.05, 3.63) is 0 Å². The van der Waals surface area contributed by atoms with E-state index in [0.29, 0.717) is 0 Å². The summed E-state index contributed by atoms with van der Waals surface area (Å²) in [6, 6.07) is -1.61. The summed E-state index contributed by atoms with van der Waals surface area (Å²) in [5.41, 5.74) is -5.22. The molecule has 39 heavy (non-hydrogen) atoms. The third-order valence-corrected chi connectivity index (χ3v) is 12.6. The highest BCUT2D eigenvalue weighted by Crippen LogP contribution is 2.41. The number of aliphatic carboxylic acids is 1. The first-order chi connectivity index (χ1) is 16.8. The number of carboxylic acid groups (broad SMARTS) is 1. The predicted molar refractivity (Wildman–Crippen MR) is 157 cm³/mol. The van der Waals surface area contributed by atoms with Gasteiger partial charge in [0.05, 0.1) is 40.2 Å². The lowest BCUT2D eigenvalue weighted by atomic mass is 10.2. The number of hydrogen-bond donors (Lipinski definition) is 2. The summed E-state index contributed by atoms with van der Waals surface area (Å²) in [6.45, 7) is 32.2. The second kappa shape index (κ2) is 12.4. The van der Waals surface area contributed by atoms with Crippen LogP contribution in [0, 0.1) is 0 Å². The molecule has 0 radical (unpaired) electrons. The first kappa shape index (κ1) is 38.6. The van der Waals surface area contributed by atoms with Gasteiger partial charge >= 0.3 is 23.9 Å². The van der Waals surface area contributed by atoms with Crippen LogP contribution >= 0.6 is 0 Å². The summed E-state index contributed by atoms with van der Waals surface area (Å²) in [7, 11) is -8.87. The molecule has 0 aliphatic heterocycles. The van der Waals surface area contributed by atoms with Crippen LogP contribution < -0.4 is 0 Å². The number of carbonyl (C=O) groups is 1. The Kier molecular flexibility index (Phi) is 12.3. The molecule has 0 saturated carbocycles. The zero-order chi connectivity index (χ0) is 31.7. The molecule has 0 fully saturated rings. The van der Waals surface area contributed by atoms with Gasteiger partial charge in [0.25, 0.3) is 0 Å². The quantitative estimate of drug-likeness (QED) is 0.296. The highest BCUT2D eigenvalue weighted by atomic mass is 28.5. The SMILES string of the molecule is CC(C)(C)O[Si](OC(C)(C)C)(OC(C)(C)C)N([C@@H](CO)C(=O)O)[Si](OC(C)(C)C)(OC(C)(C)C)OC(C)(C)C. The maximum absolute atomic E-state index is 13.0. The van der Waals surface area contributed by atoms with Gasteiger partial charge in [0, 0.05) is 0 Å². The van der Waals surface area contributed by atoms with Crippen molar-refractivity contribution in [1.29, 1.82) is 0 Å². The van der Waals surface area contributed by atoms with E-state index >= 15 is 0 Å². The van der Waals surface area contributed by atoms with Gasteiger partial charge in [-0.3, -0.25) is 4.79 Å². The van der Waals surface area contributed by atoms with Crippen LogP contribution in [0.2, 0.25) is 0 Å². The van der Waals surface area contributed by atoms with E-state index in [1.807, 2.05) is 125 Å². The fourth-order valence-electron chi connectivity index (χ4n) is 3.56. The van der Waals surface area contributed by atoms with E-state index in [0.717, 1.165) is 0 Å². The molecule has 0 saturated heterocycles. The second-order valence-electron chi connectivity index (χ2n) is 15.7. The standard InChI is InChI=1S/C27H59NO9Si2/c1-22(2,3)32-38(33-23(4,5)6,34-24(7,8)9)28(20(19-29)21(30)31)39(35-25(10,11)12,36-26(13,14)15)37-27(16,17)18/h20,29H,19H2,1-18H3,(H,30,31)/t20-/m0/s1. The molecular weight excluding hydrogens is 538 g/mol. The average Bonchev–Trinajstić information content (AvgIpc) is 2.48. The van der Waals surface area contributed by atoms with Crippen LogP contribution in [0.15, 0.2) is 0 Å². The van der Waals surface area contributed by atoms with Crippen LogP contribution in [0.1, 0.15) is 125 Å². The van der Waals surface area contributed by atoms with Crippen molar-refractivity contribution in [2.24, 2.45) is 0 Å². The molecule has 12 heteroatoms. The molecule has 0 unspecified atom stereocenters. The normalized spacial score (nSPS) is 16.1. The summed E-state index contributed by atoms with van der Waals surface area (Å²) in [4.78, 5) is 13.0. The van der Waals surface area contributed by atoms with Gasteiger partial charge in [-0.2, -0.15) is 4.23 Å². The predicted octanol–water partition coefficient (Wildman–Crippen LogP) is 5.50. The maximum atomic E-state index is 13.0. The number of nitrogens with zero attached hydrogens (tertiary/aromatic N) is 1. The molecule has 0 aromatic heterocycles. The average molecular weight is 598 g/mol. The van der Waals surface area contributed by atoms with Crippen molar-refractivity contribution >= 4 is 23.9 Å². The summed E-state index contributed by atoms with van der Waals surface area (Å²) in [5.74, 6) is -1.33. The fraction of sp³-hybridized carbons (Fsp3) is 0.963. The van der Waals surface area contributed by atoms with Gasteiger partial charge in [-0.25, -0.2) is 0 Å². The van der Waals surface area contributed by atoms with Gasteiger partial charge in [0.2, 0.25) is 0 Å². The molecule has 0 aromatic rings. The Morgan fingerprint density at radius 1 is 0.538 bits per heavy atom. The second-order valence-corrected chi connectivity index (χ2v) is 20.5. The lowest BCUT2D eigenvalue weighted by Crippen LogP contribution is -2.83. The van der Waals surface area contributed by atoms with Crippen LogP contribution in [0.4, 0.5) is 0 Å². The molecule has 2 N–H and O–H groups in total. The van der Waals surface area contributed by atoms with Crippen molar-refractivity contribution in [2.75, 3.05) is 6.61 Å². The Balaban J connectivity index is 8.37. The maximum Gasteiger partial charge on any atom is 0.600 e. The van der Waals surface area contributed by atoms with Gasteiger partial charge in [-0.05, 0) is 125 Å². The minimum Gasteiger partial charge on any atom is -0.480 e. The van der Waals surface area contributed by atoms with Crippen molar-refractivity contribution in [1.82, 2.24) is 4.23 Å². The van der Waals surface area contributed by atoms with Gasteiger partial charge in [-0.15, -0.1) is 0 Å². The highest BCUT2D eigenvalue weighted by molar-refractivity contribution is 6.75. The summed E-state index contributed by atoms with van der Waals surface area (Å²) < 4.78 is 42.0. The van der Waals surface area contributed by atoms with Crippen molar-refractivity contribution in [3.63, 3.8) is 0 Å². The zero-order valence-corrected chi connectivity index (χ0v) is 30.0. The Morgan fingerprint density at radius 2 is 0.718 bits per heavy atom. The first-order valence-corrected chi connectivity index (χ1v) is 16.9. The van der Waals surface area contributed by atoms with Crippen molar-refractivity contribution in [3.8, 4) is 0 Å². The minimum absolute atomic E-state index is 0.804. The third kappa shape index (κ3) is 14.4. The third-order valence-electron chi connectivity index (χ3n) is 3.97. The van der Waals surface area contributed by atoms with Crippen LogP contribution in [-0.4, -0.2) is 84.6 Å². The molecule has 0 aliphatic carbocycles. The summed E-state index contributed by atoms with van der Waals surface area (Å²) in [6.07, 6.45) is 0. The summed E-state index contributed by atoms with van der Waals surface area (Å²) in [5, 5.41) is 21.2. The van der Waals surface area contributed by atoms with Crippen molar-refractivity contribution in [2.45, 2.75) is 164 Å². The van der Waals surface area contributed by atoms with Crippen LogP contribution in [0.25, 0.3) is 0 Å². The van der Waals surface area contributed by atoms with E-state index in [-0.39, 0.29) is 0 Å². The zero-order valence-electron chi connectivity index (χ0n) is 28.0. The smallest absolute Gasteiger partial charge is 0.480 e. The molecule has 234 valence electrons. The molecule has 0 aromatic carbocycles. The van der Waals surface area contributed by atoms with E-state index in [9.17, 15) is 15.0 Å². The highest BCUT2D eigenvalue weighted by Gasteiger charge is 2.73. The van der Waals surface area contributed by atoms with E-state index in [1.165, 1.54) is 4.23 Å². The number of aliphatic hydroxyl groups is 1. The molecule has 0 rings (SSSR count). The molecule has 0 aliphatic rings. The fourth-order valence-corrected chi connectivity index (χ4v) is 12.4. The molecule has 10 nitrogen and oxygen atoms in total. The van der Waals surface area contributed by atoms with Crippen LogP contribution in [0.3, 0.4) is 0 Å². The van der Waals surface area contributed by atoms with E-state index < -0.39 is 70.2 Å². The van der Waals surface area contributed by atoms with Crippen LogP contribution in [0.5, 0.6) is 0 Å². The topological polar surface area (TPSA) is 116 Å². The molecule has 0 heterocycles. The van der Waals surface area contributed by atoms with Gasteiger partial charge < -0.3 is 36.8 Å². The monoisotopic (exact) mass is 597 g/mol. The Labute approximate surface area is 240 Å². The van der Waals surface area contributed by atoms with E-state index in [1.54, 1.807) is 0 Å². The number of aliphatic hydroxyl groups excluding tert-OH is 1. The lowest BCUT2D eigenvalue weighted by Gasteiger charge is -2.54. The number of hydrogen-bond acceptors (Lipinski definition) is 9. The lowest BCUT2D eigenvalue weighted by molar-refractivity contribution is -0.162. The molecule has 1 atom stereocenters. The van der Waals surface area contributed by atoms with Crippen LogP contribution in [-0.2, 0) is 31.4 Å². The molecule has 0 bridgehead atoms. The number of rotatable bonds is 11. The van der Waals surface area contributed by atoms with Gasteiger partial charge in [0.15, 0.2) is 0 Å². The van der Waals surface area contributed by atoms with Gasteiger partial charge in [-0.1, -0.05) is 0 Å². The van der Waals surface area contributed by atoms with E-state index in [2.05, 4.69) is 0 Å². The molecular formula is C27H59NO9Si2. The Hall–Kier alpha value is -0.416. The number of carboxylic acids is 1.